The van der Waals surface area contributed by atoms with Gasteiger partial charge in [-0.1, -0.05) is 6.08 Å². The first-order valence-electron chi connectivity index (χ1n) is 8.47. The maximum atomic E-state index is 12.0. The molecular formula is C20H15N3O. The van der Waals surface area contributed by atoms with Crippen LogP contribution in [-0.4, -0.2) is 21.5 Å². The first-order valence-corrected chi connectivity index (χ1v) is 8.47. The van der Waals surface area contributed by atoms with E-state index in [-0.39, 0.29) is 5.78 Å². The van der Waals surface area contributed by atoms with Crippen LogP contribution in [0.5, 0.6) is 0 Å². The van der Waals surface area contributed by atoms with Crippen molar-refractivity contribution in [2.75, 3.05) is 0 Å². The summed E-state index contributed by atoms with van der Waals surface area (Å²) in [5.74, 6) is 0.203. The largest absolute Gasteiger partial charge is 0.366 e. The quantitative estimate of drug-likeness (QED) is 0.633. The van der Waals surface area contributed by atoms with Crippen molar-refractivity contribution in [1.29, 1.82) is 0 Å². The number of aromatic amines is 2. The first-order chi connectivity index (χ1) is 11.8. The predicted octanol–water partition coefficient (Wildman–Crippen LogP) is 4.44. The molecule has 0 saturated carbocycles. The molecule has 116 valence electrons. The number of aliphatic imine (C=N–C) groups is 1. The van der Waals surface area contributed by atoms with Crippen LogP contribution in [0.3, 0.4) is 0 Å². The molecule has 0 spiro atoms. The normalized spacial score (nSPS) is 18.6. The highest BCUT2D eigenvalue weighted by Crippen LogP contribution is 2.49. The number of nitrogens with one attached hydrogen (secondary N) is 2. The highest BCUT2D eigenvalue weighted by molar-refractivity contribution is 6.39. The molecule has 0 fully saturated rings. The minimum atomic E-state index is 0.203. The number of aryl methyl sites for hydroxylation is 1. The van der Waals surface area contributed by atoms with E-state index in [1.54, 1.807) is 6.08 Å². The van der Waals surface area contributed by atoms with Gasteiger partial charge in [0.25, 0.3) is 0 Å². The second-order valence-corrected chi connectivity index (χ2v) is 6.80. The molecule has 3 aromatic rings. The number of fused-ring (bicyclic) bond motifs is 10. The maximum Gasteiger partial charge on any atom is 0.156 e. The molecule has 6 rings (SSSR count). The zero-order chi connectivity index (χ0) is 15.8. The smallest absolute Gasteiger partial charge is 0.156 e. The fourth-order valence-electron chi connectivity index (χ4n) is 4.44. The van der Waals surface area contributed by atoms with E-state index < -0.39 is 0 Å². The molecule has 2 aromatic heterocycles. The Morgan fingerprint density at radius 1 is 1.08 bits per heavy atom. The van der Waals surface area contributed by atoms with Crippen LogP contribution < -0.4 is 0 Å². The summed E-state index contributed by atoms with van der Waals surface area (Å²) in [7, 11) is 0. The van der Waals surface area contributed by atoms with E-state index >= 15 is 0 Å². The fourth-order valence-corrected chi connectivity index (χ4v) is 4.44. The Balaban J connectivity index is 1.83. The SMILES string of the molecule is O=C1C=C2C(=Nc3c2c2c[nH]cc2c2c4c([nH]c32)C=CCC4)CC1. The van der Waals surface area contributed by atoms with Crippen LogP contribution >= 0.6 is 0 Å². The number of nitrogens with zero attached hydrogens (tertiary/aromatic N) is 1. The van der Waals surface area contributed by atoms with Gasteiger partial charge in [-0.25, -0.2) is 4.99 Å². The van der Waals surface area contributed by atoms with Crippen LogP contribution in [-0.2, 0) is 11.2 Å². The number of H-pyrrole nitrogens is 2. The second kappa shape index (κ2) is 4.15. The lowest BCUT2D eigenvalue weighted by molar-refractivity contribution is -0.114. The zero-order valence-electron chi connectivity index (χ0n) is 13.1. The molecule has 3 heterocycles. The maximum absolute atomic E-state index is 12.0. The predicted molar refractivity (Wildman–Crippen MR) is 96.8 cm³/mol. The van der Waals surface area contributed by atoms with Gasteiger partial charge in [-0.05, 0) is 37.0 Å². The molecule has 2 aliphatic carbocycles. The van der Waals surface area contributed by atoms with Crippen LogP contribution in [0.4, 0.5) is 5.69 Å². The number of rotatable bonds is 0. The van der Waals surface area contributed by atoms with Crippen molar-refractivity contribution in [3.63, 3.8) is 0 Å². The van der Waals surface area contributed by atoms with E-state index in [2.05, 4.69) is 28.3 Å². The molecule has 0 atom stereocenters. The highest BCUT2D eigenvalue weighted by atomic mass is 16.1. The fraction of sp³-hybridized carbons (Fsp3) is 0.200. The van der Waals surface area contributed by atoms with Gasteiger partial charge in [0.1, 0.15) is 0 Å². The Bertz CT molecular complexity index is 1170. The molecule has 0 unspecified atom stereocenters. The summed E-state index contributed by atoms with van der Waals surface area (Å²) in [5, 5.41) is 3.69. The Morgan fingerprint density at radius 2 is 2.00 bits per heavy atom. The summed E-state index contributed by atoms with van der Waals surface area (Å²) in [6.07, 6.45) is 13.8. The Hall–Kier alpha value is -2.88. The number of aromatic nitrogens is 2. The molecule has 3 aliphatic rings. The lowest BCUT2D eigenvalue weighted by Gasteiger charge is -2.11. The Labute approximate surface area is 138 Å². The van der Waals surface area contributed by atoms with Gasteiger partial charge in [0.2, 0.25) is 0 Å². The first kappa shape index (κ1) is 12.5. The summed E-state index contributed by atoms with van der Waals surface area (Å²) < 4.78 is 0. The molecule has 0 saturated heterocycles. The van der Waals surface area contributed by atoms with Gasteiger partial charge in [0, 0.05) is 57.5 Å². The second-order valence-electron chi connectivity index (χ2n) is 6.80. The third kappa shape index (κ3) is 1.39. The van der Waals surface area contributed by atoms with E-state index in [4.69, 9.17) is 4.99 Å². The third-order valence-electron chi connectivity index (χ3n) is 5.48. The van der Waals surface area contributed by atoms with Crippen LogP contribution in [0.25, 0.3) is 33.3 Å². The van der Waals surface area contributed by atoms with Gasteiger partial charge in [-0.2, -0.15) is 0 Å². The average Bonchev–Trinajstić information content (AvgIpc) is 3.27. The van der Waals surface area contributed by atoms with E-state index in [1.165, 1.54) is 27.4 Å². The van der Waals surface area contributed by atoms with Crippen LogP contribution in [0.2, 0.25) is 0 Å². The van der Waals surface area contributed by atoms with E-state index in [9.17, 15) is 4.79 Å². The van der Waals surface area contributed by atoms with E-state index in [0.29, 0.717) is 6.42 Å². The average molecular weight is 313 g/mol. The Kier molecular flexibility index (Phi) is 2.16. The number of allylic oxidation sites excluding steroid dienone is 3. The highest BCUT2D eigenvalue weighted by Gasteiger charge is 2.31. The van der Waals surface area contributed by atoms with Gasteiger partial charge >= 0.3 is 0 Å². The molecule has 4 nitrogen and oxygen atoms in total. The van der Waals surface area contributed by atoms with Crippen molar-refractivity contribution < 1.29 is 4.79 Å². The molecule has 1 aliphatic heterocycles. The van der Waals surface area contributed by atoms with Crippen molar-refractivity contribution in [2.45, 2.75) is 25.7 Å². The van der Waals surface area contributed by atoms with Gasteiger partial charge in [-0.3, -0.25) is 4.79 Å². The number of carbonyl (C=O) groups excluding carboxylic acids is 1. The molecule has 24 heavy (non-hydrogen) atoms. The number of hydrogen-bond donors (Lipinski definition) is 2. The monoisotopic (exact) mass is 313 g/mol. The number of benzene rings is 1. The van der Waals surface area contributed by atoms with Crippen molar-refractivity contribution in [1.82, 2.24) is 9.97 Å². The lowest BCUT2D eigenvalue weighted by Crippen LogP contribution is -2.09. The summed E-state index contributed by atoms with van der Waals surface area (Å²) in [6, 6.07) is 0. The third-order valence-corrected chi connectivity index (χ3v) is 5.48. The molecule has 0 radical (unpaired) electrons. The van der Waals surface area contributed by atoms with Crippen LogP contribution in [0, 0.1) is 0 Å². The van der Waals surface area contributed by atoms with Gasteiger partial charge in [-0.15, -0.1) is 0 Å². The molecular weight excluding hydrogens is 298 g/mol. The minimum Gasteiger partial charge on any atom is -0.366 e. The van der Waals surface area contributed by atoms with E-state index in [0.717, 1.165) is 47.3 Å². The van der Waals surface area contributed by atoms with Gasteiger partial charge in [0.15, 0.2) is 5.78 Å². The molecule has 0 amide bonds. The van der Waals surface area contributed by atoms with Crippen molar-refractivity contribution in [2.24, 2.45) is 4.99 Å². The molecule has 2 N–H and O–H groups in total. The topological polar surface area (TPSA) is 61.0 Å². The van der Waals surface area contributed by atoms with Gasteiger partial charge < -0.3 is 9.97 Å². The summed E-state index contributed by atoms with van der Waals surface area (Å²) >= 11 is 0. The van der Waals surface area contributed by atoms with Crippen molar-refractivity contribution in [3.8, 4) is 0 Å². The van der Waals surface area contributed by atoms with Crippen molar-refractivity contribution in [3.05, 3.63) is 41.4 Å². The van der Waals surface area contributed by atoms with E-state index in [1.807, 2.05) is 6.20 Å². The number of ketones is 1. The molecule has 4 heteroatoms. The van der Waals surface area contributed by atoms with Crippen LogP contribution in [0.1, 0.15) is 36.1 Å². The molecule has 0 bridgehead atoms. The van der Waals surface area contributed by atoms with Crippen molar-refractivity contribution >= 4 is 50.5 Å². The zero-order valence-corrected chi connectivity index (χ0v) is 13.1. The minimum absolute atomic E-state index is 0.203. The summed E-state index contributed by atoms with van der Waals surface area (Å²) in [4.78, 5) is 23.8. The lowest BCUT2D eigenvalue weighted by atomic mass is 9.89. The number of hydrogen-bond acceptors (Lipinski definition) is 2. The summed E-state index contributed by atoms with van der Waals surface area (Å²) in [5.41, 5.74) is 7.91. The standard InChI is InChI=1S/C20H15N3O/c24-10-5-6-16-12(7-10)18-14-9-21-8-13(14)17-11-3-1-2-4-15(11)22-19(17)20(18)23-16/h2,4,7-9,21-22H,1,3,5-6H2. The van der Waals surface area contributed by atoms with Crippen LogP contribution in [0.15, 0.2) is 29.5 Å². The molecule has 1 aromatic carbocycles. The number of carbonyl (C=O) groups is 1. The summed E-state index contributed by atoms with van der Waals surface area (Å²) in [6.45, 7) is 0. The Morgan fingerprint density at radius 3 is 2.96 bits per heavy atom. The van der Waals surface area contributed by atoms with Gasteiger partial charge in [0.05, 0.1) is 11.2 Å².